The SMILES string of the molecule is COCCn1cc(S(=O)(=O)Cl)cc1C(=O)N(C)C. The van der Waals surface area contributed by atoms with E-state index in [1.54, 1.807) is 14.1 Å². The predicted molar refractivity (Wildman–Crippen MR) is 67.4 cm³/mol. The molecule has 0 aromatic carbocycles. The third-order valence-electron chi connectivity index (χ3n) is 2.31. The fraction of sp³-hybridized carbons (Fsp3) is 0.500. The Bertz CT molecular complexity index is 536. The van der Waals surface area contributed by atoms with Crippen LogP contribution >= 0.6 is 10.7 Å². The molecule has 0 aliphatic heterocycles. The van der Waals surface area contributed by atoms with Crippen molar-refractivity contribution in [2.75, 3.05) is 27.8 Å². The van der Waals surface area contributed by atoms with E-state index in [0.717, 1.165) is 0 Å². The van der Waals surface area contributed by atoms with Gasteiger partial charge in [0.05, 0.1) is 6.61 Å². The molecule has 0 bridgehead atoms. The van der Waals surface area contributed by atoms with Crippen LogP contribution in [0.1, 0.15) is 10.5 Å². The van der Waals surface area contributed by atoms with Gasteiger partial charge in [0, 0.05) is 44.6 Å². The average molecular weight is 295 g/mol. The van der Waals surface area contributed by atoms with E-state index in [1.807, 2.05) is 0 Å². The van der Waals surface area contributed by atoms with Crippen molar-refractivity contribution in [3.05, 3.63) is 18.0 Å². The van der Waals surface area contributed by atoms with E-state index in [0.29, 0.717) is 13.2 Å². The van der Waals surface area contributed by atoms with Gasteiger partial charge in [-0.2, -0.15) is 0 Å². The van der Waals surface area contributed by atoms with Crippen LogP contribution in [0.2, 0.25) is 0 Å². The zero-order valence-electron chi connectivity index (χ0n) is 10.4. The smallest absolute Gasteiger partial charge is 0.270 e. The lowest BCUT2D eigenvalue weighted by Gasteiger charge is -2.12. The van der Waals surface area contributed by atoms with Gasteiger partial charge in [0.1, 0.15) is 10.6 Å². The van der Waals surface area contributed by atoms with Crippen LogP contribution in [0.15, 0.2) is 17.2 Å². The van der Waals surface area contributed by atoms with Crippen LogP contribution in [0.3, 0.4) is 0 Å². The van der Waals surface area contributed by atoms with E-state index in [2.05, 4.69) is 0 Å². The highest BCUT2D eigenvalue weighted by Crippen LogP contribution is 2.19. The Kier molecular flexibility index (Phi) is 4.78. The monoisotopic (exact) mass is 294 g/mol. The van der Waals surface area contributed by atoms with Crippen molar-refractivity contribution < 1.29 is 17.9 Å². The molecule has 0 aliphatic rings. The van der Waals surface area contributed by atoms with Crippen molar-refractivity contribution in [1.29, 1.82) is 0 Å². The van der Waals surface area contributed by atoms with Gasteiger partial charge in [0.15, 0.2) is 0 Å². The molecule has 0 unspecified atom stereocenters. The second-order valence-electron chi connectivity index (χ2n) is 3.88. The molecule has 0 saturated heterocycles. The first kappa shape index (κ1) is 15.0. The van der Waals surface area contributed by atoms with Crippen LogP contribution in [0, 0.1) is 0 Å². The van der Waals surface area contributed by atoms with Crippen molar-refractivity contribution >= 4 is 25.6 Å². The normalized spacial score (nSPS) is 11.6. The number of ether oxygens (including phenoxy) is 1. The maximum absolute atomic E-state index is 11.9. The molecule has 0 atom stereocenters. The summed E-state index contributed by atoms with van der Waals surface area (Å²) in [7, 11) is 6.12. The third-order valence-corrected chi connectivity index (χ3v) is 3.64. The van der Waals surface area contributed by atoms with Gasteiger partial charge in [-0.3, -0.25) is 4.79 Å². The molecule has 8 heteroatoms. The van der Waals surface area contributed by atoms with Crippen LogP contribution in [0.4, 0.5) is 0 Å². The summed E-state index contributed by atoms with van der Waals surface area (Å²) in [6.45, 7) is 0.738. The molecule has 6 nitrogen and oxygen atoms in total. The maximum Gasteiger partial charge on any atom is 0.270 e. The van der Waals surface area contributed by atoms with Gasteiger partial charge in [-0.1, -0.05) is 0 Å². The van der Waals surface area contributed by atoms with E-state index in [-0.39, 0.29) is 16.5 Å². The Morgan fingerprint density at radius 2 is 2.11 bits per heavy atom. The molecule has 102 valence electrons. The minimum Gasteiger partial charge on any atom is -0.383 e. The molecule has 1 heterocycles. The summed E-state index contributed by atoms with van der Waals surface area (Å²) in [4.78, 5) is 13.2. The summed E-state index contributed by atoms with van der Waals surface area (Å²) in [5.74, 6) is -0.294. The van der Waals surface area contributed by atoms with Gasteiger partial charge < -0.3 is 14.2 Å². The van der Waals surface area contributed by atoms with Gasteiger partial charge in [-0.05, 0) is 6.07 Å². The summed E-state index contributed by atoms with van der Waals surface area (Å²) in [6, 6.07) is 1.26. The molecule has 18 heavy (non-hydrogen) atoms. The van der Waals surface area contributed by atoms with Crippen molar-refractivity contribution in [2.24, 2.45) is 0 Å². The number of rotatable bonds is 5. The summed E-state index contributed by atoms with van der Waals surface area (Å²) in [5.41, 5.74) is 0.260. The van der Waals surface area contributed by atoms with E-state index < -0.39 is 9.05 Å². The highest BCUT2D eigenvalue weighted by molar-refractivity contribution is 8.13. The van der Waals surface area contributed by atoms with E-state index in [4.69, 9.17) is 15.4 Å². The molecule has 0 radical (unpaired) electrons. The Labute approximate surface area is 111 Å². The summed E-state index contributed by atoms with van der Waals surface area (Å²) >= 11 is 0. The first-order valence-corrected chi connectivity index (χ1v) is 7.43. The predicted octanol–water partition coefficient (Wildman–Crippen LogP) is 0.764. The molecule has 0 spiro atoms. The number of methoxy groups -OCH3 is 1. The number of nitrogens with zero attached hydrogens (tertiary/aromatic N) is 2. The zero-order chi connectivity index (χ0) is 13.9. The van der Waals surface area contributed by atoms with Gasteiger partial charge in [-0.15, -0.1) is 0 Å². The molecule has 1 aromatic heterocycles. The number of carbonyl (C=O) groups is 1. The van der Waals surface area contributed by atoms with E-state index >= 15 is 0 Å². The Morgan fingerprint density at radius 3 is 2.56 bits per heavy atom. The van der Waals surface area contributed by atoms with Crippen molar-refractivity contribution in [3.63, 3.8) is 0 Å². The number of carbonyl (C=O) groups excluding carboxylic acids is 1. The Hall–Kier alpha value is -1.05. The summed E-state index contributed by atoms with van der Waals surface area (Å²) < 4.78 is 28.9. The molecule has 0 N–H and O–H groups in total. The minimum absolute atomic E-state index is 0.0922. The van der Waals surface area contributed by atoms with Gasteiger partial charge in [0.2, 0.25) is 0 Å². The maximum atomic E-state index is 11.9. The lowest BCUT2D eigenvalue weighted by molar-refractivity contribution is 0.0814. The summed E-state index contributed by atoms with van der Waals surface area (Å²) in [5, 5.41) is 0. The van der Waals surface area contributed by atoms with Gasteiger partial charge >= 0.3 is 0 Å². The fourth-order valence-corrected chi connectivity index (χ4v) is 2.16. The van der Waals surface area contributed by atoms with Crippen molar-refractivity contribution in [2.45, 2.75) is 11.4 Å². The van der Waals surface area contributed by atoms with E-state index in [9.17, 15) is 13.2 Å². The second-order valence-corrected chi connectivity index (χ2v) is 6.45. The quantitative estimate of drug-likeness (QED) is 0.752. The summed E-state index contributed by atoms with van der Waals surface area (Å²) in [6.07, 6.45) is 1.33. The van der Waals surface area contributed by atoms with Crippen molar-refractivity contribution in [3.8, 4) is 0 Å². The van der Waals surface area contributed by atoms with Crippen molar-refractivity contribution in [1.82, 2.24) is 9.47 Å². The molecular formula is C10H15ClN2O4S. The topological polar surface area (TPSA) is 68.6 Å². The first-order chi connectivity index (χ1) is 8.27. The largest absolute Gasteiger partial charge is 0.383 e. The van der Waals surface area contributed by atoms with Crippen LogP contribution in [0.25, 0.3) is 0 Å². The highest BCUT2D eigenvalue weighted by Gasteiger charge is 2.20. The minimum atomic E-state index is -3.85. The fourth-order valence-electron chi connectivity index (χ4n) is 1.40. The van der Waals surface area contributed by atoms with Crippen LogP contribution in [-0.4, -0.2) is 51.6 Å². The molecule has 1 aromatic rings. The molecule has 0 fully saturated rings. The standard InChI is InChI=1S/C10H15ClN2O4S/c1-12(2)10(14)9-6-8(18(11,15)16)7-13(9)4-5-17-3/h6-7H,4-5H2,1-3H3. The number of amides is 1. The number of halogens is 1. The zero-order valence-corrected chi connectivity index (χ0v) is 12.0. The second kappa shape index (κ2) is 5.73. The molecule has 1 rings (SSSR count). The number of aromatic nitrogens is 1. The molecule has 0 saturated carbocycles. The van der Waals surface area contributed by atoms with Gasteiger partial charge in [0.25, 0.3) is 15.0 Å². The molecule has 0 aliphatic carbocycles. The average Bonchev–Trinajstić information content (AvgIpc) is 2.68. The van der Waals surface area contributed by atoms with Gasteiger partial charge in [-0.25, -0.2) is 8.42 Å². The van der Waals surface area contributed by atoms with E-state index in [1.165, 1.54) is 28.8 Å². The molecule has 1 amide bonds. The van der Waals surface area contributed by atoms with Crippen LogP contribution in [-0.2, 0) is 20.3 Å². The lowest BCUT2D eigenvalue weighted by atomic mass is 10.4. The number of hydrogen-bond acceptors (Lipinski definition) is 4. The highest BCUT2D eigenvalue weighted by atomic mass is 35.7. The Balaban J connectivity index is 3.21. The first-order valence-electron chi connectivity index (χ1n) is 5.12. The third kappa shape index (κ3) is 3.47. The van der Waals surface area contributed by atoms with Crippen LogP contribution in [0.5, 0.6) is 0 Å². The van der Waals surface area contributed by atoms with Crippen LogP contribution < -0.4 is 0 Å². The lowest BCUT2D eigenvalue weighted by Crippen LogP contribution is -2.25. The number of hydrogen-bond donors (Lipinski definition) is 0. The molecular weight excluding hydrogens is 280 g/mol. The Morgan fingerprint density at radius 1 is 1.50 bits per heavy atom.